The maximum atomic E-state index is 12.9. The molecule has 2 nitrogen and oxygen atoms in total. The first-order valence-corrected chi connectivity index (χ1v) is 8.49. The van der Waals surface area contributed by atoms with Gasteiger partial charge in [-0.05, 0) is 64.1 Å². The molecule has 1 heterocycles. The Bertz CT molecular complexity index is 493. The molecule has 1 aromatic rings. The van der Waals surface area contributed by atoms with E-state index in [2.05, 4.69) is 30.9 Å². The highest BCUT2D eigenvalue weighted by Crippen LogP contribution is 2.36. The monoisotopic (exact) mass is 285 g/mol. The van der Waals surface area contributed by atoms with Gasteiger partial charge in [-0.15, -0.1) is 0 Å². The maximum Gasteiger partial charge on any atom is 0.182 e. The van der Waals surface area contributed by atoms with Crippen LogP contribution in [-0.4, -0.2) is 29.3 Å². The molecule has 0 N–H and O–H groups in total. The Morgan fingerprint density at radius 3 is 2.14 bits per heavy atom. The van der Waals surface area contributed by atoms with Crippen molar-refractivity contribution in [3.8, 4) is 0 Å². The van der Waals surface area contributed by atoms with Crippen molar-refractivity contribution in [2.45, 2.75) is 63.8 Å². The molecule has 114 valence electrons. The average Bonchev–Trinajstić information content (AvgIpc) is 2.46. The largest absolute Gasteiger partial charge is 0.292 e. The lowest BCUT2D eigenvalue weighted by atomic mass is 9.79. The molecule has 0 bridgehead atoms. The fraction of sp³-hybridized carbons (Fsp3) is 0.632. The van der Waals surface area contributed by atoms with E-state index in [1.807, 2.05) is 12.1 Å². The van der Waals surface area contributed by atoms with Gasteiger partial charge in [-0.3, -0.25) is 9.69 Å². The number of ketones is 1. The van der Waals surface area contributed by atoms with E-state index in [0.29, 0.717) is 0 Å². The molecule has 2 heteroatoms. The Morgan fingerprint density at radius 2 is 1.62 bits per heavy atom. The average molecular weight is 285 g/mol. The van der Waals surface area contributed by atoms with Crippen LogP contribution >= 0.6 is 0 Å². The van der Waals surface area contributed by atoms with E-state index < -0.39 is 0 Å². The van der Waals surface area contributed by atoms with Gasteiger partial charge in [0.15, 0.2) is 5.78 Å². The quantitative estimate of drug-likeness (QED) is 0.764. The molecule has 0 aromatic heterocycles. The number of Topliss-reactive ketones (excluding diaryl/α,β-unsaturated/α-hetero) is 1. The molecule has 0 spiro atoms. The van der Waals surface area contributed by atoms with Gasteiger partial charge in [0.2, 0.25) is 0 Å². The summed E-state index contributed by atoms with van der Waals surface area (Å²) in [6.45, 7) is 6.28. The SMILES string of the molecule is CC(C)(C(=O)c1ccc(C2CCC2)cc1)N1CCCCC1. The predicted octanol–water partition coefficient (Wildman–Crippen LogP) is 4.40. The minimum absolute atomic E-state index is 0.268. The summed E-state index contributed by atoms with van der Waals surface area (Å²) in [5.74, 6) is 1.01. The van der Waals surface area contributed by atoms with Gasteiger partial charge in [0.05, 0.1) is 5.54 Å². The van der Waals surface area contributed by atoms with Crippen LogP contribution in [0.3, 0.4) is 0 Å². The second-order valence-corrected chi connectivity index (χ2v) is 7.19. The fourth-order valence-corrected chi connectivity index (χ4v) is 3.60. The molecule has 1 saturated heterocycles. The van der Waals surface area contributed by atoms with Gasteiger partial charge in [-0.25, -0.2) is 0 Å². The maximum absolute atomic E-state index is 12.9. The number of likely N-dealkylation sites (tertiary alicyclic amines) is 1. The van der Waals surface area contributed by atoms with Crippen molar-refractivity contribution >= 4 is 5.78 Å². The highest BCUT2D eigenvalue weighted by atomic mass is 16.1. The number of rotatable bonds is 4. The second-order valence-electron chi connectivity index (χ2n) is 7.19. The zero-order valence-corrected chi connectivity index (χ0v) is 13.4. The van der Waals surface area contributed by atoms with Crippen LogP contribution in [0.5, 0.6) is 0 Å². The molecule has 2 fully saturated rings. The van der Waals surface area contributed by atoms with Gasteiger partial charge in [-0.1, -0.05) is 37.1 Å². The molecular weight excluding hydrogens is 258 g/mol. The molecule has 0 unspecified atom stereocenters. The summed E-state index contributed by atoms with van der Waals surface area (Å²) >= 11 is 0. The highest BCUT2D eigenvalue weighted by molar-refractivity contribution is 6.02. The second kappa shape index (κ2) is 5.92. The normalized spacial score (nSPS) is 21.0. The van der Waals surface area contributed by atoms with Crippen molar-refractivity contribution in [2.24, 2.45) is 0 Å². The van der Waals surface area contributed by atoms with Crippen LogP contribution in [-0.2, 0) is 0 Å². The Morgan fingerprint density at radius 1 is 1.00 bits per heavy atom. The number of hydrogen-bond donors (Lipinski definition) is 0. The van der Waals surface area contributed by atoms with Gasteiger partial charge in [0.25, 0.3) is 0 Å². The first kappa shape index (κ1) is 14.8. The summed E-state index contributed by atoms with van der Waals surface area (Å²) in [4.78, 5) is 15.2. The number of piperidine rings is 1. The van der Waals surface area contributed by atoms with Crippen LogP contribution in [0.25, 0.3) is 0 Å². The molecule has 1 aliphatic heterocycles. The summed E-state index contributed by atoms with van der Waals surface area (Å²) in [7, 11) is 0. The Labute approximate surface area is 128 Å². The fourth-order valence-electron chi connectivity index (χ4n) is 3.60. The molecule has 0 amide bonds. The van der Waals surface area contributed by atoms with E-state index in [0.717, 1.165) is 24.6 Å². The summed E-state index contributed by atoms with van der Waals surface area (Å²) in [5.41, 5.74) is 1.90. The van der Waals surface area contributed by atoms with Crippen molar-refractivity contribution in [1.29, 1.82) is 0 Å². The predicted molar refractivity (Wildman–Crippen MR) is 86.9 cm³/mol. The Hall–Kier alpha value is -1.15. The third kappa shape index (κ3) is 2.91. The van der Waals surface area contributed by atoms with E-state index in [1.165, 1.54) is 44.1 Å². The number of nitrogens with zero attached hydrogens (tertiary/aromatic N) is 1. The zero-order valence-electron chi connectivity index (χ0n) is 13.4. The third-order valence-corrected chi connectivity index (χ3v) is 5.45. The summed E-state index contributed by atoms with van der Waals surface area (Å²) in [6.07, 6.45) is 7.72. The van der Waals surface area contributed by atoms with E-state index in [-0.39, 0.29) is 11.3 Å². The smallest absolute Gasteiger partial charge is 0.182 e. The summed E-state index contributed by atoms with van der Waals surface area (Å²) in [5, 5.41) is 0. The van der Waals surface area contributed by atoms with Crippen molar-refractivity contribution in [3.63, 3.8) is 0 Å². The highest BCUT2D eigenvalue weighted by Gasteiger charge is 2.35. The van der Waals surface area contributed by atoms with Gasteiger partial charge in [-0.2, -0.15) is 0 Å². The van der Waals surface area contributed by atoms with Crippen LogP contribution in [0.2, 0.25) is 0 Å². The van der Waals surface area contributed by atoms with Crippen LogP contribution in [0, 0.1) is 0 Å². The summed E-state index contributed by atoms with van der Waals surface area (Å²) < 4.78 is 0. The van der Waals surface area contributed by atoms with E-state index in [1.54, 1.807) is 0 Å². The van der Waals surface area contributed by atoms with Crippen molar-refractivity contribution in [3.05, 3.63) is 35.4 Å². The van der Waals surface area contributed by atoms with Crippen LogP contribution in [0.4, 0.5) is 0 Å². The lowest BCUT2D eigenvalue weighted by Gasteiger charge is -2.39. The van der Waals surface area contributed by atoms with Crippen LogP contribution in [0.15, 0.2) is 24.3 Å². The Kier molecular flexibility index (Phi) is 4.17. The Balaban J connectivity index is 1.73. The lowest BCUT2D eigenvalue weighted by Crippen LogP contribution is -2.52. The van der Waals surface area contributed by atoms with E-state index >= 15 is 0 Å². The van der Waals surface area contributed by atoms with Gasteiger partial charge < -0.3 is 0 Å². The standard InChI is InChI=1S/C19H27NO/c1-19(2,20-13-4-3-5-14-20)18(21)17-11-9-16(10-12-17)15-7-6-8-15/h9-12,15H,3-8,13-14H2,1-2H3. The van der Waals surface area contributed by atoms with Crippen molar-refractivity contribution in [1.82, 2.24) is 4.90 Å². The first-order valence-electron chi connectivity index (χ1n) is 8.49. The summed E-state index contributed by atoms with van der Waals surface area (Å²) in [6, 6.07) is 8.43. The third-order valence-electron chi connectivity index (χ3n) is 5.45. The molecule has 1 saturated carbocycles. The van der Waals surface area contributed by atoms with Gasteiger partial charge >= 0.3 is 0 Å². The first-order chi connectivity index (χ1) is 10.1. The molecule has 1 aromatic carbocycles. The van der Waals surface area contributed by atoms with Crippen molar-refractivity contribution in [2.75, 3.05) is 13.1 Å². The van der Waals surface area contributed by atoms with E-state index in [9.17, 15) is 4.79 Å². The minimum atomic E-state index is -0.377. The van der Waals surface area contributed by atoms with Crippen LogP contribution < -0.4 is 0 Å². The topological polar surface area (TPSA) is 20.3 Å². The molecule has 21 heavy (non-hydrogen) atoms. The minimum Gasteiger partial charge on any atom is -0.292 e. The van der Waals surface area contributed by atoms with Crippen LogP contribution in [0.1, 0.15) is 74.2 Å². The molecule has 0 atom stereocenters. The lowest BCUT2D eigenvalue weighted by molar-refractivity contribution is 0.0579. The van der Waals surface area contributed by atoms with Gasteiger partial charge in [0.1, 0.15) is 0 Å². The molecule has 1 aliphatic carbocycles. The molecule has 2 aliphatic rings. The number of hydrogen-bond acceptors (Lipinski definition) is 2. The molecule has 3 rings (SSSR count). The number of benzene rings is 1. The zero-order chi connectivity index (χ0) is 14.9. The van der Waals surface area contributed by atoms with E-state index in [4.69, 9.17) is 0 Å². The van der Waals surface area contributed by atoms with Gasteiger partial charge in [0, 0.05) is 5.56 Å². The number of carbonyl (C=O) groups excluding carboxylic acids is 1. The molecule has 0 radical (unpaired) electrons. The molecular formula is C19H27NO. The number of carbonyl (C=O) groups is 1. The van der Waals surface area contributed by atoms with Crippen molar-refractivity contribution < 1.29 is 4.79 Å².